The molecule has 0 saturated carbocycles. The maximum absolute atomic E-state index is 8.71. The maximum atomic E-state index is 8.71. The van der Waals surface area contributed by atoms with Crippen LogP contribution < -0.4 is 5.32 Å². The van der Waals surface area contributed by atoms with Crippen LogP contribution in [0.5, 0.6) is 0 Å². The molecule has 0 spiro atoms. The first-order valence-corrected chi connectivity index (χ1v) is 4.28. The van der Waals surface area contributed by atoms with E-state index in [2.05, 4.69) is 17.5 Å². The van der Waals surface area contributed by atoms with Crippen molar-refractivity contribution < 1.29 is 0 Å². The van der Waals surface area contributed by atoms with Crippen molar-refractivity contribution in [3.8, 4) is 6.07 Å². The van der Waals surface area contributed by atoms with Gasteiger partial charge < -0.3 is 5.32 Å². The van der Waals surface area contributed by atoms with E-state index in [4.69, 9.17) is 5.26 Å². The molecule has 1 heterocycles. The number of allylic oxidation sites excluding steroid dienone is 2. The van der Waals surface area contributed by atoms with Gasteiger partial charge in [0.05, 0.1) is 11.6 Å². The molecular formula is C11H10N2. The van der Waals surface area contributed by atoms with Crippen LogP contribution in [0.3, 0.4) is 0 Å². The predicted molar refractivity (Wildman–Crippen MR) is 52.2 cm³/mol. The van der Waals surface area contributed by atoms with Gasteiger partial charge in [-0.25, -0.2) is 0 Å². The second-order valence-corrected chi connectivity index (χ2v) is 3.10. The van der Waals surface area contributed by atoms with Crippen LogP contribution in [-0.4, -0.2) is 0 Å². The third-order valence-electron chi connectivity index (χ3n) is 2.26. The molecule has 2 heteroatoms. The SMILES string of the molecule is C/C=C1\Cc2cc(C#N)ccc2N1. The van der Waals surface area contributed by atoms with Crippen LogP contribution in [0.15, 0.2) is 30.0 Å². The number of rotatable bonds is 0. The molecule has 1 N–H and O–H groups in total. The van der Waals surface area contributed by atoms with Gasteiger partial charge in [-0.2, -0.15) is 5.26 Å². The summed E-state index contributed by atoms with van der Waals surface area (Å²) in [5, 5.41) is 12.0. The Labute approximate surface area is 77.5 Å². The first-order valence-electron chi connectivity index (χ1n) is 4.28. The van der Waals surface area contributed by atoms with Crippen LogP contribution >= 0.6 is 0 Å². The fourth-order valence-electron chi connectivity index (χ4n) is 1.53. The zero-order valence-corrected chi connectivity index (χ0v) is 7.46. The summed E-state index contributed by atoms with van der Waals surface area (Å²) >= 11 is 0. The fourth-order valence-corrected chi connectivity index (χ4v) is 1.53. The second kappa shape index (κ2) is 2.95. The summed E-state index contributed by atoms with van der Waals surface area (Å²) in [5.74, 6) is 0. The monoisotopic (exact) mass is 170 g/mol. The predicted octanol–water partition coefficient (Wildman–Crippen LogP) is 2.43. The largest absolute Gasteiger partial charge is 0.359 e. The number of nitrogens with one attached hydrogen (secondary N) is 1. The molecule has 0 radical (unpaired) electrons. The van der Waals surface area contributed by atoms with E-state index in [0.717, 1.165) is 17.7 Å². The Kier molecular flexibility index (Phi) is 1.79. The molecule has 2 nitrogen and oxygen atoms in total. The lowest BCUT2D eigenvalue weighted by molar-refractivity contribution is 1.23. The Morgan fingerprint density at radius 1 is 1.54 bits per heavy atom. The molecule has 1 aliphatic heterocycles. The van der Waals surface area contributed by atoms with Gasteiger partial charge in [0.2, 0.25) is 0 Å². The fraction of sp³-hybridized carbons (Fsp3) is 0.182. The van der Waals surface area contributed by atoms with Gasteiger partial charge in [0.15, 0.2) is 0 Å². The van der Waals surface area contributed by atoms with E-state index in [9.17, 15) is 0 Å². The van der Waals surface area contributed by atoms with Crippen molar-refractivity contribution in [2.75, 3.05) is 5.32 Å². The Bertz CT molecular complexity index is 411. The van der Waals surface area contributed by atoms with Crippen LogP contribution in [0, 0.1) is 11.3 Å². The van der Waals surface area contributed by atoms with Crippen molar-refractivity contribution in [2.45, 2.75) is 13.3 Å². The van der Waals surface area contributed by atoms with Gasteiger partial charge >= 0.3 is 0 Å². The van der Waals surface area contributed by atoms with Crippen LogP contribution in [0.1, 0.15) is 18.1 Å². The zero-order valence-electron chi connectivity index (χ0n) is 7.46. The van der Waals surface area contributed by atoms with Crippen molar-refractivity contribution in [3.63, 3.8) is 0 Å². The van der Waals surface area contributed by atoms with E-state index >= 15 is 0 Å². The normalized spacial score (nSPS) is 16.5. The lowest BCUT2D eigenvalue weighted by Gasteiger charge is -1.97. The Morgan fingerprint density at radius 2 is 2.38 bits per heavy atom. The standard InChI is InChI=1S/C11H10N2/c1-2-10-6-9-5-8(7-12)3-4-11(9)13-10/h2-5,13H,6H2,1H3/b10-2+. The van der Waals surface area contributed by atoms with Gasteiger partial charge in [-0.05, 0) is 30.7 Å². The van der Waals surface area contributed by atoms with Crippen LogP contribution in [0.2, 0.25) is 0 Å². The quantitative estimate of drug-likeness (QED) is 0.649. The lowest BCUT2D eigenvalue weighted by atomic mass is 10.1. The van der Waals surface area contributed by atoms with Crippen molar-refractivity contribution in [3.05, 3.63) is 41.1 Å². The van der Waals surface area contributed by atoms with E-state index in [-0.39, 0.29) is 0 Å². The summed E-state index contributed by atoms with van der Waals surface area (Å²) in [6, 6.07) is 7.89. The van der Waals surface area contributed by atoms with E-state index in [1.54, 1.807) is 0 Å². The molecule has 0 aromatic heterocycles. The highest BCUT2D eigenvalue weighted by atomic mass is 14.9. The van der Waals surface area contributed by atoms with E-state index in [1.165, 1.54) is 11.3 Å². The molecule has 64 valence electrons. The smallest absolute Gasteiger partial charge is 0.0991 e. The lowest BCUT2D eigenvalue weighted by Crippen LogP contribution is -1.89. The first kappa shape index (κ1) is 7.88. The number of fused-ring (bicyclic) bond motifs is 1. The second-order valence-electron chi connectivity index (χ2n) is 3.10. The summed E-state index contributed by atoms with van der Waals surface area (Å²) in [5.41, 5.74) is 4.29. The third kappa shape index (κ3) is 1.29. The van der Waals surface area contributed by atoms with Crippen LogP contribution in [-0.2, 0) is 6.42 Å². The van der Waals surface area contributed by atoms with Crippen molar-refractivity contribution >= 4 is 5.69 Å². The average Bonchev–Trinajstić information content (AvgIpc) is 2.58. The molecule has 0 unspecified atom stereocenters. The summed E-state index contributed by atoms with van der Waals surface area (Å²) in [6.45, 7) is 2.01. The van der Waals surface area contributed by atoms with Gasteiger partial charge in [0.1, 0.15) is 0 Å². The number of benzene rings is 1. The summed E-state index contributed by atoms with van der Waals surface area (Å²) < 4.78 is 0. The van der Waals surface area contributed by atoms with Crippen LogP contribution in [0.25, 0.3) is 0 Å². The minimum atomic E-state index is 0.734. The zero-order chi connectivity index (χ0) is 9.26. The Hall–Kier alpha value is -1.75. The molecular weight excluding hydrogens is 160 g/mol. The van der Waals surface area contributed by atoms with Crippen LogP contribution in [0.4, 0.5) is 5.69 Å². The summed E-state index contributed by atoms with van der Waals surface area (Å²) in [7, 11) is 0. The molecule has 0 fully saturated rings. The van der Waals surface area contributed by atoms with E-state index < -0.39 is 0 Å². The molecule has 0 saturated heterocycles. The van der Waals surface area contributed by atoms with Gasteiger partial charge in [-0.1, -0.05) is 6.08 Å². The summed E-state index contributed by atoms with van der Waals surface area (Å²) in [4.78, 5) is 0. The minimum Gasteiger partial charge on any atom is -0.359 e. The van der Waals surface area contributed by atoms with Crippen molar-refractivity contribution in [1.82, 2.24) is 0 Å². The molecule has 2 rings (SSSR count). The first-order chi connectivity index (χ1) is 6.33. The highest BCUT2D eigenvalue weighted by Crippen LogP contribution is 2.28. The topological polar surface area (TPSA) is 35.8 Å². The highest BCUT2D eigenvalue weighted by Gasteiger charge is 2.13. The number of nitrogens with zero attached hydrogens (tertiary/aromatic N) is 1. The van der Waals surface area contributed by atoms with Gasteiger partial charge in [0, 0.05) is 17.8 Å². The van der Waals surface area contributed by atoms with Crippen molar-refractivity contribution in [2.24, 2.45) is 0 Å². The maximum Gasteiger partial charge on any atom is 0.0991 e. The number of anilines is 1. The highest BCUT2D eigenvalue weighted by molar-refractivity contribution is 5.63. The molecule has 0 amide bonds. The molecule has 0 atom stereocenters. The molecule has 1 aromatic carbocycles. The number of hydrogen-bond acceptors (Lipinski definition) is 2. The Morgan fingerprint density at radius 3 is 3.08 bits per heavy atom. The number of nitriles is 1. The molecule has 1 aromatic rings. The Balaban J connectivity index is 2.43. The van der Waals surface area contributed by atoms with Crippen molar-refractivity contribution in [1.29, 1.82) is 5.26 Å². The molecule has 0 aliphatic carbocycles. The average molecular weight is 170 g/mol. The molecule has 13 heavy (non-hydrogen) atoms. The number of hydrogen-bond donors (Lipinski definition) is 1. The van der Waals surface area contributed by atoms with Gasteiger partial charge in [0.25, 0.3) is 0 Å². The van der Waals surface area contributed by atoms with Gasteiger partial charge in [-0.15, -0.1) is 0 Å². The minimum absolute atomic E-state index is 0.734. The van der Waals surface area contributed by atoms with E-state index in [0.29, 0.717) is 0 Å². The van der Waals surface area contributed by atoms with Gasteiger partial charge in [-0.3, -0.25) is 0 Å². The molecule has 0 bridgehead atoms. The summed E-state index contributed by atoms with van der Waals surface area (Å²) in [6.07, 6.45) is 2.98. The molecule has 1 aliphatic rings. The third-order valence-corrected chi connectivity index (χ3v) is 2.26. The van der Waals surface area contributed by atoms with E-state index in [1.807, 2.05) is 25.1 Å².